The number of nitrogens with one attached hydrogen (secondary N) is 2. The first-order chi connectivity index (χ1) is 13.4. The minimum Gasteiger partial charge on any atom is -0.326 e. The summed E-state index contributed by atoms with van der Waals surface area (Å²) in [4.78, 5) is 24.7. The molecule has 154 valence electrons. The van der Waals surface area contributed by atoms with Crippen molar-refractivity contribution in [1.29, 1.82) is 0 Å². The van der Waals surface area contributed by atoms with Crippen LogP contribution in [0.3, 0.4) is 0 Å². The summed E-state index contributed by atoms with van der Waals surface area (Å²) >= 11 is 0.993. The number of primary sulfonamides is 1. The molecule has 1 aliphatic rings. The lowest BCUT2D eigenvalue weighted by atomic mass is 10.1. The summed E-state index contributed by atoms with van der Waals surface area (Å²) in [5, 5.41) is 9.08. The molecule has 2 aromatic rings. The molecule has 7 nitrogen and oxygen atoms in total. The van der Waals surface area contributed by atoms with Gasteiger partial charge < -0.3 is 10.6 Å². The van der Waals surface area contributed by atoms with Crippen molar-refractivity contribution in [2.24, 2.45) is 5.14 Å². The minimum absolute atomic E-state index is 0.0464. The number of alkyl halides is 3. The van der Waals surface area contributed by atoms with Crippen LogP contribution in [0.4, 0.5) is 24.5 Å². The van der Waals surface area contributed by atoms with Crippen LogP contribution in [0.15, 0.2) is 52.3 Å². The summed E-state index contributed by atoms with van der Waals surface area (Å²) in [6.45, 7) is 0. The molecule has 1 heterocycles. The van der Waals surface area contributed by atoms with Crippen LogP contribution in [-0.2, 0) is 25.8 Å². The quantitative estimate of drug-likeness (QED) is 0.669. The molecule has 2 aromatic carbocycles. The van der Waals surface area contributed by atoms with E-state index in [-0.39, 0.29) is 17.0 Å². The van der Waals surface area contributed by atoms with Gasteiger partial charge in [-0.25, -0.2) is 13.6 Å². The van der Waals surface area contributed by atoms with Gasteiger partial charge in [-0.05, 0) is 42.5 Å². The number of fused-ring (bicyclic) bond motifs is 1. The van der Waals surface area contributed by atoms with Gasteiger partial charge in [0.1, 0.15) is 0 Å². The van der Waals surface area contributed by atoms with E-state index in [2.05, 4.69) is 10.6 Å². The Balaban J connectivity index is 1.66. The Labute approximate surface area is 167 Å². The standard InChI is InChI=1S/C17H14F3N3O4S2/c18-17(19,20)9-1-6-13-12(7-9)23-16(25)14(28-13)8-15(24)22-10-2-4-11(5-3-10)29(21,26)27/h1-7,14H,8H2,(H,22,24)(H,23,25)(H2,21,26,27). The van der Waals surface area contributed by atoms with Crippen LogP contribution in [0.1, 0.15) is 12.0 Å². The highest BCUT2D eigenvalue weighted by atomic mass is 32.2. The Morgan fingerprint density at radius 1 is 1.17 bits per heavy atom. The fourth-order valence-corrected chi connectivity index (χ4v) is 4.18. The van der Waals surface area contributed by atoms with Crippen LogP contribution in [0.2, 0.25) is 0 Å². The highest BCUT2D eigenvalue weighted by Crippen LogP contribution is 2.40. The Morgan fingerprint density at radius 3 is 2.41 bits per heavy atom. The maximum Gasteiger partial charge on any atom is 0.416 e. The van der Waals surface area contributed by atoms with E-state index in [1.807, 2.05) is 0 Å². The molecule has 3 rings (SSSR count). The molecular formula is C17H14F3N3O4S2. The zero-order valence-corrected chi connectivity index (χ0v) is 16.1. The maximum absolute atomic E-state index is 12.8. The van der Waals surface area contributed by atoms with Crippen LogP contribution >= 0.6 is 11.8 Å². The van der Waals surface area contributed by atoms with Crippen molar-refractivity contribution in [3.05, 3.63) is 48.0 Å². The van der Waals surface area contributed by atoms with Crippen molar-refractivity contribution < 1.29 is 31.2 Å². The highest BCUT2D eigenvalue weighted by molar-refractivity contribution is 8.01. The number of thioether (sulfide) groups is 1. The molecule has 0 spiro atoms. The number of nitrogens with two attached hydrogens (primary N) is 1. The molecule has 0 bridgehead atoms. The highest BCUT2D eigenvalue weighted by Gasteiger charge is 2.34. The van der Waals surface area contributed by atoms with E-state index in [0.717, 1.165) is 23.9 Å². The number of sulfonamides is 1. The number of amides is 2. The molecule has 1 unspecified atom stereocenters. The van der Waals surface area contributed by atoms with Gasteiger partial charge in [-0.15, -0.1) is 11.8 Å². The number of hydrogen-bond acceptors (Lipinski definition) is 5. The van der Waals surface area contributed by atoms with Gasteiger partial charge in [0.05, 0.1) is 21.4 Å². The van der Waals surface area contributed by atoms with Gasteiger partial charge in [0.15, 0.2) is 0 Å². The number of carbonyl (C=O) groups is 2. The molecule has 4 N–H and O–H groups in total. The summed E-state index contributed by atoms with van der Waals surface area (Å²) in [6, 6.07) is 8.15. The fraction of sp³-hybridized carbons (Fsp3) is 0.176. The lowest BCUT2D eigenvalue weighted by molar-refractivity contribution is -0.137. The van der Waals surface area contributed by atoms with Crippen molar-refractivity contribution in [3.8, 4) is 0 Å². The van der Waals surface area contributed by atoms with Crippen LogP contribution in [0, 0.1) is 0 Å². The second kappa shape index (κ2) is 7.69. The van der Waals surface area contributed by atoms with Crippen molar-refractivity contribution >= 4 is 45.0 Å². The van der Waals surface area contributed by atoms with Crippen LogP contribution < -0.4 is 15.8 Å². The number of anilines is 2. The zero-order valence-electron chi connectivity index (χ0n) is 14.5. The van der Waals surface area contributed by atoms with Gasteiger partial charge in [0, 0.05) is 17.0 Å². The van der Waals surface area contributed by atoms with Gasteiger partial charge >= 0.3 is 6.18 Å². The van der Waals surface area contributed by atoms with Crippen molar-refractivity contribution in [3.63, 3.8) is 0 Å². The van der Waals surface area contributed by atoms with E-state index in [1.54, 1.807) is 0 Å². The smallest absolute Gasteiger partial charge is 0.326 e. The van der Waals surface area contributed by atoms with E-state index in [0.29, 0.717) is 10.6 Å². The van der Waals surface area contributed by atoms with Crippen molar-refractivity contribution in [2.45, 2.75) is 27.6 Å². The zero-order chi connectivity index (χ0) is 21.4. The molecule has 0 aromatic heterocycles. The van der Waals surface area contributed by atoms with E-state index >= 15 is 0 Å². The number of carbonyl (C=O) groups excluding carboxylic acids is 2. The lowest BCUT2D eigenvalue weighted by Gasteiger charge is -2.24. The molecule has 0 fully saturated rings. The Hall–Kier alpha value is -2.57. The number of hydrogen-bond donors (Lipinski definition) is 3. The molecule has 0 aliphatic carbocycles. The first-order valence-electron chi connectivity index (χ1n) is 8.05. The molecule has 0 saturated heterocycles. The average molecular weight is 445 g/mol. The van der Waals surface area contributed by atoms with Gasteiger partial charge in [0.2, 0.25) is 21.8 Å². The van der Waals surface area contributed by atoms with E-state index in [1.165, 1.54) is 30.3 Å². The first kappa shape index (κ1) is 21.1. The molecule has 1 atom stereocenters. The third-order valence-corrected chi connectivity index (χ3v) is 6.17. The van der Waals surface area contributed by atoms with E-state index in [4.69, 9.17) is 5.14 Å². The van der Waals surface area contributed by atoms with Gasteiger partial charge in [-0.2, -0.15) is 13.2 Å². The fourth-order valence-electron chi connectivity index (χ4n) is 2.57. The predicted molar refractivity (Wildman–Crippen MR) is 101 cm³/mol. The van der Waals surface area contributed by atoms with Crippen LogP contribution in [0.5, 0.6) is 0 Å². The molecule has 0 radical (unpaired) electrons. The summed E-state index contributed by atoms with van der Waals surface area (Å²) in [5.41, 5.74) is -0.528. The number of benzene rings is 2. The summed E-state index contributed by atoms with van der Waals surface area (Å²) < 4.78 is 60.8. The summed E-state index contributed by atoms with van der Waals surface area (Å²) in [6.07, 6.45) is -4.76. The van der Waals surface area contributed by atoms with Crippen LogP contribution in [0.25, 0.3) is 0 Å². The number of halogens is 3. The second-order valence-electron chi connectivity index (χ2n) is 6.13. The number of rotatable bonds is 4. The molecular weight excluding hydrogens is 431 g/mol. The van der Waals surface area contributed by atoms with E-state index < -0.39 is 38.8 Å². The normalized spacial score (nSPS) is 16.7. The van der Waals surface area contributed by atoms with Gasteiger partial charge in [0.25, 0.3) is 0 Å². The molecule has 29 heavy (non-hydrogen) atoms. The Kier molecular flexibility index (Phi) is 5.61. The topological polar surface area (TPSA) is 118 Å². The Bertz CT molecular complexity index is 1070. The average Bonchev–Trinajstić information content (AvgIpc) is 2.60. The van der Waals surface area contributed by atoms with Crippen molar-refractivity contribution in [2.75, 3.05) is 10.6 Å². The third kappa shape index (κ3) is 5.08. The minimum atomic E-state index is -4.53. The molecule has 1 aliphatic heterocycles. The molecule has 2 amide bonds. The third-order valence-electron chi connectivity index (χ3n) is 3.96. The maximum atomic E-state index is 12.8. The largest absolute Gasteiger partial charge is 0.416 e. The summed E-state index contributed by atoms with van der Waals surface area (Å²) in [5.74, 6) is -1.10. The van der Waals surface area contributed by atoms with Crippen LogP contribution in [-0.4, -0.2) is 25.5 Å². The molecule has 0 saturated carbocycles. The molecule has 12 heteroatoms. The van der Waals surface area contributed by atoms with Crippen molar-refractivity contribution in [1.82, 2.24) is 0 Å². The summed E-state index contributed by atoms with van der Waals surface area (Å²) in [7, 11) is -3.86. The van der Waals surface area contributed by atoms with Gasteiger partial charge in [-0.1, -0.05) is 0 Å². The second-order valence-corrected chi connectivity index (χ2v) is 8.93. The lowest BCUT2D eigenvalue weighted by Crippen LogP contribution is -2.32. The monoisotopic (exact) mass is 445 g/mol. The van der Waals surface area contributed by atoms with E-state index in [9.17, 15) is 31.2 Å². The Morgan fingerprint density at radius 2 is 1.83 bits per heavy atom. The van der Waals surface area contributed by atoms with Gasteiger partial charge in [-0.3, -0.25) is 9.59 Å². The SMILES string of the molecule is NS(=O)(=O)c1ccc(NC(=O)CC2Sc3ccc(C(F)(F)F)cc3NC2=O)cc1. The first-order valence-corrected chi connectivity index (χ1v) is 10.5. The predicted octanol–water partition coefficient (Wildman–Crippen LogP) is 2.79.